The van der Waals surface area contributed by atoms with Gasteiger partial charge >= 0.3 is 0 Å². The van der Waals surface area contributed by atoms with Crippen LogP contribution in [0.4, 0.5) is 0 Å². The van der Waals surface area contributed by atoms with Crippen LogP contribution >= 0.6 is 0 Å². The molecule has 1 aliphatic heterocycles. The van der Waals surface area contributed by atoms with Gasteiger partial charge in [-0.2, -0.15) is 0 Å². The van der Waals surface area contributed by atoms with Crippen LogP contribution in [0.2, 0.25) is 0 Å². The maximum Gasteiger partial charge on any atom is 0.226 e. The number of hydrogen-bond donors (Lipinski definition) is 0. The highest BCUT2D eigenvalue weighted by Gasteiger charge is 2.20. The number of likely N-dealkylation sites (tertiary alicyclic amines) is 1. The van der Waals surface area contributed by atoms with Gasteiger partial charge < -0.3 is 9.15 Å². The summed E-state index contributed by atoms with van der Waals surface area (Å²) in [5, 5.41) is 0. The molecule has 1 aliphatic rings. The first-order chi connectivity index (χ1) is 17.2. The Morgan fingerprint density at radius 1 is 1.00 bits per heavy atom. The normalized spacial score (nSPS) is 16.2. The van der Waals surface area contributed by atoms with Crippen molar-refractivity contribution in [2.75, 3.05) is 19.7 Å². The van der Waals surface area contributed by atoms with Crippen LogP contribution in [-0.4, -0.2) is 29.6 Å². The first-order valence-corrected chi connectivity index (χ1v) is 12.4. The highest BCUT2D eigenvalue weighted by molar-refractivity contribution is 5.53. The van der Waals surface area contributed by atoms with Crippen molar-refractivity contribution in [1.29, 1.82) is 0 Å². The first kappa shape index (κ1) is 23.1. The van der Waals surface area contributed by atoms with Gasteiger partial charge in [0.15, 0.2) is 0 Å². The topological polar surface area (TPSA) is 38.5 Å². The van der Waals surface area contributed by atoms with Gasteiger partial charge in [-0.05, 0) is 61.2 Å². The molecule has 4 aromatic rings. The largest absolute Gasteiger partial charge is 0.493 e. The van der Waals surface area contributed by atoms with Crippen molar-refractivity contribution in [3.63, 3.8) is 0 Å². The maximum absolute atomic E-state index is 6.05. The lowest BCUT2D eigenvalue weighted by Gasteiger charge is -2.15. The molecule has 178 valence electrons. The molecule has 0 saturated carbocycles. The highest BCUT2D eigenvalue weighted by atomic mass is 16.5. The van der Waals surface area contributed by atoms with E-state index < -0.39 is 0 Å². The average Bonchev–Trinajstić information content (AvgIpc) is 3.50. The smallest absolute Gasteiger partial charge is 0.226 e. The van der Waals surface area contributed by atoms with E-state index in [1.807, 2.05) is 43.3 Å². The van der Waals surface area contributed by atoms with E-state index in [1.54, 1.807) is 0 Å². The quantitative estimate of drug-likeness (QED) is 0.273. The summed E-state index contributed by atoms with van der Waals surface area (Å²) in [5.74, 6) is 2.99. The number of hydrogen-bond acceptors (Lipinski definition) is 4. The van der Waals surface area contributed by atoms with Gasteiger partial charge in [0.25, 0.3) is 0 Å². The van der Waals surface area contributed by atoms with Crippen molar-refractivity contribution in [2.24, 2.45) is 5.92 Å². The van der Waals surface area contributed by atoms with Crippen LogP contribution < -0.4 is 4.74 Å². The Morgan fingerprint density at radius 3 is 2.63 bits per heavy atom. The standard InChI is InChI=1S/C31H32N2O2/c1-24-30(32-31(35-24)28-12-6-3-7-13-28)18-20-34-29-14-8-11-25(21-29)15-16-27-17-19-33(23-27)22-26-9-4-2-5-10-26/h2-16,21,27H,17-20,22-23H2,1H3/b16-15+/t27-/m0/s1. The lowest BCUT2D eigenvalue weighted by atomic mass is 10.1. The van der Waals surface area contributed by atoms with E-state index in [0.29, 0.717) is 24.8 Å². The molecule has 0 aliphatic carbocycles. The lowest BCUT2D eigenvalue weighted by Crippen LogP contribution is -2.19. The number of aromatic nitrogens is 1. The van der Waals surface area contributed by atoms with E-state index in [-0.39, 0.29) is 0 Å². The highest BCUT2D eigenvalue weighted by Crippen LogP contribution is 2.23. The van der Waals surface area contributed by atoms with Crippen molar-refractivity contribution in [3.8, 4) is 17.2 Å². The van der Waals surface area contributed by atoms with E-state index in [4.69, 9.17) is 9.15 Å². The zero-order valence-electron chi connectivity index (χ0n) is 20.3. The van der Waals surface area contributed by atoms with Crippen LogP contribution in [0.3, 0.4) is 0 Å². The lowest BCUT2D eigenvalue weighted by molar-refractivity contribution is 0.320. The van der Waals surface area contributed by atoms with Crippen LogP contribution in [0.15, 0.2) is 95.4 Å². The third-order valence-corrected chi connectivity index (χ3v) is 6.50. The van der Waals surface area contributed by atoms with Gasteiger partial charge in [0.05, 0.1) is 12.3 Å². The predicted octanol–water partition coefficient (Wildman–Crippen LogP) is 6.81. The number of nitrogens with zero attached hydrogens (tertiary/aromatic N) is 2. The van der Waals surface area contributed by atoms with Gasteiger partial charge in [0.2, 0.25) is 5.89 Å². The van der Waals surface area contributed by atoms with Gasteiger partial charge in [-0.25, -0.2) is 4.98 Å². The Kier molecular flexibility index (Phi) is 7.40. The number of ether oxygens (including phenoxy) is 1. The molecule has 3 aromatic carbocycles. The number of rotatable bonds is 9. The van der Waals surface area contributed by atoms with E-state index >= 15 is 0 Å². The number of benzene rings is 3. The molecule has 1 saturated heterocycles. The molecule has 0 radical (unpaired) electrons. The second-order valence-corrected chi connectivity index (χ2v) is 9.19. The van der Waals surface area contributed by atoms with Crippen molar-refractivity contribution >= 4 is 6.08 Å². The molecule has 4 heteroatoms. The molecule has 1 aromatic heterocycles. The van der Waals surface area contributed by atoms with Crippen molar-refractivity contribution in [1.82, 2.24) is 9.88 Å². The molecule has 5 rings (SSSR count). The van der Waals surface area contributed by atoms with Crippen LogP contribution in [0.1, 0.15) is 29.0 Å². The molecular weight excluding hydrogens is 432 g/mol. The number of aryl methyl sites for hydroxylation is 1. The molecule has 1 fully saturated rings. The fourth-order valence-electron chi connectivity index (χ4n) is 4.59. The third kappa shape index (κ3) is 6.28. The van der Waals surface area contributed by atoms with E-state index in [9.17, 15) is 0 Å². The summed E-state index contributed by atoms with van der Waals surface area (Å²) >= 11 is 0. The molecule has 0 bridgehead atoms. The van der Waals surface area contributed by atoms with Gasteiger partial charge in [0.1, 0.15) is 11.5 Å². The Hall–Kier alpha value is -3.63. The fourth-order valence-corrected chi connectivity index (χ4v) is 4.59. The summed E-state index contributed by atoms with van der Waals surface area (Å²) < 4.78 is 11.9. The van der Waals surface area contributed by atoms with Crippen molar-refractivity contribution in [3.05, 3.63) is 114 Å². The third-order valence-electron chi connectivity index (χ3n) is 6.50. The molecule has 0 spiro atoms. The zero-order valence-corrected chi connectivity index (χ0v) is 20.3. The Morgan fingerprint density at radius 2 is 1.80 bits per heavy atom. The predicted molar refractivity (Wildman–Crippen MR) is 141 cm³/mol. The summed E-state index contributed by atoms with van der Waals surface area (Å²) in [6.45, 7) is 5.83. The summed E-state index contributed by atoms with van der Waals surface area (Å²) in [6.07, 6.45) is 6.51. The van der Waals surface area contributed by atoms with Gasteiger partial charge in [-0.3, -0.25) is 4.90 Å². The minimum atomic E-state index is 0.561. The molecule has 0 amide bonds. The zero-order chi connectivity index (χ0) is 23.9. The summed E-state index contributed by atoms with van der Waals surface area (Å²) in [6, 6.07) is 29.0. The van der Waals surface area contributed by atoms with Crippen molar-refractivity contribution < 1.29 is 9.15 Å². The van der Waals surface area contributed by atoms with E-state index in [2.05, 4.69) is 70.6 Å². The van der Waals surface area contributed by atoms with Crippen molar-refractivity contribution in [2.45, 2.75) is 26.3 Å². The SMILES string of the molecule is Cc1oc(-c2ccccc2)nc1CCOc1cccc(/C=C/[C@H]2CCN(Cc3ccccc3)C2)c1. The van der Waals surface area contributed by atoms with Gasteiger partial charge in [-0.1, -0.05) is 72.8 Å². The van der Waals surface area contributed by atoms with E-state index in [0.717, 1.165) is 42.4 Å². The maximum atomic E-state index is 6.05. The second kappa shape index (κ2) is 11.2. The summed E-state index contributed by atoms with van der Waals surface area (Å²) in [4.78, 5) is 7.21. The average molecular weight is 465 g/mol. The van der Waals surface area contributed by atoms with Crippen LogP contribution in [-0.2, 0) is 13.0 Å². The van der Waals surface area contributed by atoms with E-state index in [1.165, 1.54) is 17.5 Å². The van der Waals surface area contributed by atoms with Gasteiger partial charge in [0, 0.05) is 25.1 Å². The minimum absolute atomic E-state index is 0.561. The number of oxazole rings is 1. The minimum Gasteiger partial charge on any atom is -0.493 e. The fraction of sp³-hybridized carbons (Fsp3) is 0.258. The Bertz CT molecular complexity index is 1250. The molecule has 2 heterocycles. The van der Waals surface area contributed by atoms with Crippen LogP contribution in [0, 0.1) is 12.8 Å². The first-order valence-electron chi connectivity index (χ1n) is 12.4. The summed E-state index contributed by atoms with van der Waals surface area (Å²) in [5.41, 5.74) is 4.50. The Labute approximate surface area is 207 Å². The Balaban J connectivity index is 1.12. The molecule has 1 atom stereocenters. The van der Waals surface area contributed by atoms with Crippen LogP contribution in [0.25, 0.3) is 17.5 Å². The van der Waals surface area contributed by atoms with Crippen LogP contribution in [0.5, 0.6) is 5.75 Å². The summed E-state index contributed by atoms with van der Waals surface area (Å²) in [7, 11) is 0. The second-order valence-electron chi connectivity index (χ2n) is 9.19. The van der Waals surface area contributed by atoms with Gasteiger partial charge in [-0.15, -0.1) is 0 Å². The molecule has 4 nitrogen and oxygen atoms in total. The molecule has 0 N–H and O–H groups in total. The molecule has 35 heavy (non-hydrogen) atoms. The monoisotopic (exact) mass is 464 g/mol. The molecule has 0 unspecified atom stereocenters. The molecular formula is C31H32N2O2.